The molecule has 0 unspecified atom stereocenters. The molecule has 106 valence electrons. The highest BCUT2D eigenvalue weighted by Gasteiger charge is 2.22. The highest BCUT2D eigenvalue weighted by Crippen LogP contribution is 2.26. The predicted molar refractivity (Wildman–Crippen MR) is 74.1 cm³/mol. The first-order chi connectivity index (χ1) is 8.62. The smallest absolute Gasteiger partial charge is 0.303 e. The predicted octanol–water partition coefficient (Wildman–Crippen LogP) is 2.15. The normalized spacial score (nSPS) is 12.2. The Labute approximate surface area is 113 Å². The Morgan fingerprint density at radius 1 is 1.32 bits per heavy atom. The van der Waals surface area contributed by atoms with Gasteiger partial charge in [-0.3, -0.25) is 4.79 Å². The molecule has 0 bridgehead atoms. The molecule has 0 aliphatic rings. The zero-order valence-electron chi connectivity index (χ0n) is 11.3. The van der Waals surface area contributed by atoms with Crippen molar-refractivity contribution >= 4 is 21.5 Å². The number of aliphatic carboxylic acids is 1. The number of benzene rings is 1. The molecule has 0 saturated carbocycles. The molecule has 0 atom stereocenters. The molecule has 0 spiro atoms. The van der Waals surface area contributed by atoms with Gasteiger partial charge in [-0.25, -0.2) is 8.42 Å². The third kappa shape index (κ3) is 4.90. The highest BCUT2D eigenvalue weighted by atomic mass is 32.2. The molecule has 1 aromatic rings. The summed E-state index contributed by atoms with van der Waals surface area (Å²) >= 11 is 0. The van der Waals surface area contributed by atoms with Crippen LogP contribution >= 0.6 is 0 Å². The van der Waals surface area contributed by atoms with Crippen LogP contribution in [0.1, 0.15) is 26.7 Å². The fourth-order valence-electron chi connectivity index (χ4n) is 1.74. The number of rotatable bonds is 6. The van der Waals surface area contributed by atoms with E-state index in [0.717, 1.165) is 6.26 Å². The SMILES string of the molecule is CC(C)(CCC(=O)O)Nc1ccccc1S(C)(=O)=O. The van der Waals surface area contributed by atoms with Crippen LogP contribution in [0.25, 0.3) is 0 Å². The Morgan fingerprint density at radius 3 is 2.42 bits per heavy atom. The highest BCUT2D eigenvalue weighted by molar-refractivity contribution is 7.90. The van der Waals surface area contributed by atoms with E-state index in [4.69, 9.17) is 5.11 Å². The lowest BCUT2D eigenvalue weighted by molar-refractivity contribution is -0.137. The van der Waals surface area contributed by atoms with Gasteiger partial charge in [0, 0.05) is 18.2 Å². The Morgan fingerprint density at radius 2 is 1.89 bits per heavy atom. The largest absolute Gasteiger partial charge is 0.481 e. The molecular formula is C13H19NO4S. The molecule has 5 nitrogen and oxygen atoms in total. The van der Waals surface area contributed by atoms with Gasteiger partial charge in [0.25, 0.3) is 0 Å². The van der Waals surface area contributed by atoms with E-state index in [2.05, 4.69) is 5.32 Å². The zero-order valence-corrected chi connectivity index (χ0v) is 12.1. The second kappa shape index (κ2) is 5.61. The van der Waals surface area contributed by atoms with E-state index < -0.39 is 21.3 Å². The van der Waals surface area contributed by atoms with Crippen molar-refractivity contribution in [3.05, 3.63) is 24.3 Å². The average molecular weight is 285 g/mol. The number of hydrogen-bond donors (Lipinski definition) is 2. The number of carbonyl (C=O) groups is 1. The van der Waals surface area contributed by atoms with Gasteiger partial charge in [-0.1, -0.05) is 12.1 Å². The number of hydrogen-bond acceptors (Lipinski definition) is 4. The summed E-state index contributed by atoms with van der Waals surface area (Å²) < 4.78 is 23.3. The molecular weight excluding hydrogens is 266 g/mol. The molecule has 0 aliphatic heterocycles. The van der Waals surface area contributed by atoms with Crippen LogP contribution in [-0.4, -0.2) is 31.3 Å². The van der Waals surface area contributed by atoms with Crippen LogP contribution in [0, 0.1) is 0 Å². The molecule has 0 saturated heterocycles. The molecule has 0 aliphatic carbocycles. The maximum atomic E-state index is 11.7. The summed E-state index contributed by atoms with van der Waals surface area (Å²) in [6.45, 7) is 3.68. The number of nitrogens with one attached hydrogen (secondary N) is 1. The van der Waals surface area contributed by atoms with Crippen molar-refractivity contribution in [3.8, 4) is 0 Å². The van der Waals surface area contributed by atoms with Crippen LogP contribution in [0.3, 0.4) is 0 Å². The summed E-state index contributed by atoms with van der Waals surface area (Å²) in [6.07, 6.45) is 1.58. The lowest BCUT2D eigenvalue weighted by Gasteiger charge is -2.28. The summed E-state index contributed by atoms with van der Waals surface area (Å²) in [7, 11) is -3.32. The third-order valence-electron chi connectivity index (χ3n) is 2.72. The van der Waals surface area contributed by atoms with Crippen molar-refractivity contribution in [2.45, 2.75) is 37.1 Å². The maximum absolute atomic E-state index is 11.7. The number of sulfone groups is 1. The summed E-state index contributed by atoms with van der Waals surface area (Å²) in [4.78, 5) is 10.8. The lowest BCUT2D eigenvalue weighted by atomic mass is 9.98. The van der Waals surface area contributed by atoms with E-state index in [1.54, 1.807) is 18.2 Å². The first-order valence-electron chi connectivity index (χ1n) is 5.91. The molecule has 1 rings (SSSR count). The first-order valence-corrected chi connectivity index (χ1v) is 7.80. The van der Waals surface area contributed by atoms with Gasteiger partial charge in [0.2, 0.25) is 0 Å². The molecule has 19 heavy (non-hydrogen) atoms. The Kier molecular flexibility index (Phi) is 4.57. The van der Waals surface area contributed by atoms with Crippen LogP contribution in [0.2, 0.25) is 0 Å². The van der Waals surface area contributed by atoms with E-state index in [1.807, 2.05) is 13.8 Å². The van der Waals surface area contributed by atoms with Crippen LogP contribution in [0.15, 0.2) is 29.2 Å². The molecule has 0 radical (unpaired) electrons. The molecule has 0 aromatic heterocycles. The lowest BCUT2D eigenvalue weighted by Crippen LogP contribution is -2.32. The Hall–Kier alpha value is -1.56. The summed E-state index contributed by atoms with van der Waals surface area (Å²) in [5.74, 6) is -0.869. The minimum Gasteiger partial charge on any atom is -0.481 e. The van der Waals surface area contributed by atoms with E-state index in [9.17, 15) is 13.2 Å². The van der Waals surface area contributed by atoms with Crippen LogP contribution in [0.4, 0.5) is 5.69 Å². The summed E-state index contributed by atoms with van der Waals surface area (Å²) in [5.41, 5.74) is -0.000450. The molecule has 6 heteroatoms. The van der Waals surface area contributed by atoms with E-state index >= 15 is 0 Å². The molecule has 0 fully saturated rings. The van der Waals surface area contributed by atoms with Crippen molar-refractivity contribution in [2.24, 2.45) is 0 Å². The number of carboxylic acid groups (broad SMARTS) is 1. The van der Waals surface area contributed by atoms with Gasteiger partial charge in [-0.05, 0) is 32.4 Å². The Bertz CT molecular complexity index is 564. The van der Waals surface area contributed by atoms with Gasteiger partial charge in [0.1, 0.15) is 0 Å². The zero-order chi connectivity index (χ0) is 14.7. The monoisotopic (exact) mass is 285 g/mol. The van der Waals surface area contributed by atoms with Crippen molar-refractivity contribution in [1.29, 1.82) is 0 Å². The standard InChI is InChI=1S/C13H19NO4S/c1-13(2,9-8-12(15)16)14-10-6-4-5-7-11(10)19(3,17)18/h4-7,14H,8-9H2,1-3H3,(H,15,16). The van der Waals surface area contributed by atoms with Crippen molar-refractivity contribution < 1.29 is 18.3 Å². The van der Waals surface area contributed by atoms with Gasteiger partial charge in [-0.15, -0.1) is 0 Å². The van der Waals surface area contributed by atoms with Gasteiger partial charge < -0.3 is 10.4 Å². The summed E-state index contributed by atoms with van der Waals surface area (Å²) in [5, 5.41) is 11.8. The minimum atomic E-state index is -3.32. The van der Waals surface area contributed by atoms with Crippen LogP contribution in [-0.2, 0) is 14.6 Å². The van der Waals surface area contributed by atoms with Gasteiger partial charge in [-0.2, -0.15) is 0 Å². The fraction of sp³-hybridized carbons (Fsp3) is 0.462. The quantitative estimate of drug-likeness (QED) is 0.836. The van der Waals surface area contributed by atoms with Crippen molar-refractivity contribution in [2.75, 3.05) is 11.6 Å². The Balaban J connectivity index is 2.96. The van der Waals surface area contributed by atoms with Crippen LogP contribution in [0.5, 0.6) is 0 Å². The first kappa shape index (κ1) is 15.5. The number of anilines is 1. The number of para-hydroxylation sites is 1. The van der Waals surface area contributed by atoms with Gasteiger partial charge in [0.05, 0.1) is 10.6 Å². The van der Waals surface area contributed by atoms with E-state index in [-0.39, 0.29) is 11.3 Å². The molecule has 0 amide bonds. The maximum Gasteiger partial charge on any atom is 0.303 e. The van der Waals surface area contributed by atoms with Crippen molar-refractivity contribution in [3.63, 3.8) is 0 Å². The molecule has 1 aromatic carbocycles. The second-order valence-electron chi connectivity index (χ2n) is 5.17. The fourth-order valence-corrected chi connectivity index (χ4v) is 2.58. The van der Waals surface area contributed by atoms with Crippen molar-refractivity contribution in [1.82, 2.24) is 0 Å². The van der Waals surface area contributed by atoms with Gasteiger partial charge >= 0.3 is 5.97 Å². The summed E-state index contributed by atoms with van der Waals surface area (Å²) in [6, 6.07) is 6.61. The van der Waals surface area contributed by atoms with E-state index in [0.29, 0.717) is 12.1 Å². The molecule has 2 N–H and O–H groups in total. The number of carboxylic acids is 1. The minimum absolute atomic E-state index is 0.0288. The van der Waals surface area contributed by atoms with E-state index in [1.165, 1.54) is 6.07 Å². The van der Waals surface area contributed by atoms with Crippen LogP contribution < -0.4 is 5.32 Å². The average Bonchev–Trinajstić information content (AvgIpc) is 2.25. The molecule has 0 heterocycles. The third-order valence-corrected chi connectivity index (χ3v) is 3.88. The topological polar surface area (TPSA) is 83.5 Å². The van der Waals surface area contributed by atoms with Gasteiger partial charge in [0.15, 0.2) is 9.84 Å². The second-order valence-corrected chi connectivity index (χ2v) is 7.16.